The van der Waals surface area contributed by atoms with Gasteiger partial charge in [-0.05, 0) is 29.5 Å². The molecule has 0 fully saturated rings. The monoisotopic (exact) mass is 205 g/mol. The summed E-state index contributed by atoms with van der Waals surface area (Å²) in [5, 5.41) is 3.38. The van der Waals surface area contributed by atoms with Crippen molar-refractivity contribution in [3.8, 4) is 5.75 Å². The van der Waals surface area contributed by atoms with Gasteiger partial charge in [-0.3, -0.25) is 0 Å². The molecule has 0 saturated heterocycles. The van der Waals surface area contributed by atoms with Crippen LogP contribution in [0.4, 0.5) is 5.69 Å². The van der Waals surface area contributed by atoms with Crippen LogP contribution >= 0.6 is 0 Å². The van der Waals surface area contributed by atoms with Crippen molar-refractivity contribution in [2.24, 2.45) is 0 Å². The summed E-state index contributed by atoms with van der Waals surface area (Å²) in [4.78, 5) is 0. The van der Waals surface area contributed by atoms with Crippen molar-refractivity contribution in [2.45, 2.75) is 32.6 Å². The SMILES string of the molecule is CC(C)(C)c1ccc2c(c1)OCCCN2. The molecule has 0 aromatic heterocycles. The molecule has 0 radical (unpaired) electrons. The predicted molar refractivity (Wildman–Crippen MR) is 63.7 cm³/mol. The molecule has 1 aliphatic heterocycles. The quantitative estimate of drug-likeness (QED) is 0.702. The first-order valence-electron chi connectivity index (χ1n) is 5.58. The van der Waals surface area contributed by atoms with Gasteiger partial charge >= 0.3 is 0 Å². The van der Waals surface area contributed by atoms with E-state index in [4.69, 9.17) is 4.74 Å². The molecular weight excluding hydrogens is 186 g/mol. The molecule has 0 spiro atoms. The molecule has 2 heteroatoms. The Morgan fingerprint density at radius 2 is 2.07 bits per heavy atom. The molecule has 15 heavy (non-hydrogen) atoms. The van der Waals surface area contributed by atoms with E-state index < -0.39 is 0 Å². The largest absolute Gasteiger partial charge is 0.491 e. The molecule has 0 saturated carbocycles. The van der Waals surface area contributed by atoms with Crippen molar-refractivity contribution in [2.75, 3.05) is 18.5 Å². The fourth-order valence-electron chi connectivity index (χ4n) is 1.73. The van der Waals surface area contributed by atoms with Crippen LogP contribution in [0.25, 0.3) is 0 Å². The topological polar surface area (TPSA) is 21.3 Å². The maximum absolute atomic E-state index is 5.72. The molecule has 1 aromatic rings. The Hall–Kier alpha value is -1.18. The Labute approximate surface area is 91.6 Å². The Kier molecular flexibility index (Phi) is 2.59. The molecule has 2 nitrogen and oxygen atoms in total. The number of fused-ring (bicyclic) bond motifs is 1. The van der Waals surface area contributed by atoms with E-state index in [2.05, 4.69) is 44.3 Å². The van der Waals surface area contributed by atoms with E-state index in [0.29, 0.717) is 0 Å². The van der Waals surface area contributed by atoms with E-state index in [1.165, 1.54) is 5.56 Å². The number of ether oxygens (including phenoxy) is 1. The summed E-state index contributed by atoms with van der Waals surface area (Å²) in [7, 11) is 0. The van der Waals surface area contributed by atoms with Crippen LogP contribution in [0.2, 0.25) is 0 Å². The molecule has 1 aliphatic rings. The average molecular weight is 205 g/mol. The first-order valence-corrected chi connectivity index (χ1v) is 5.58. The van der Waals surface area contributed by atoms with Crippen LogP contribution in [0, 0.1) is 0 Å². The lowest BCUT2D eigenvalue weighted by Gasteiger charge is -2.20. The third-order valence-electron chi connectivity index (χ3n) is 2.74. The molecule has 0 bridgehead atoms. The summed E-state index contributed by atoms with van der Waals surface area (Å²) >= 11 is 0. The highest BCUT2D eigenvalue weighted by atomic mass is 16.5. The standard InChI is InChI=1S/C13H19NO/c1-13(2,3)10-5-6-11-12(9-10)15-8-4-7-14-11/h5-6,9,14H,4,7-8H2,1-3H3. The van der Waals surface area contributed by atoms with Gasteiger partial charge in [0.2, 0.25) is 0 Å². The fraction of sp³-hybridized carbons (Fsp3) is 0.538. The zero-order chi connectivity index (χ0) is 10.9. The summed E-state index contributed by atoms with van der Waals surface area (Å²) in [6.07, 6.45) is 1.07. The van der Waals surface area contributed by atoms with Gasteiger partial charge in [0.05, 0.1) is 12.3 Å². The summed E-state index contributed by atoms with van der Waals surface area (Å²) < 4.78 is 5.72. The van der Waals surface area contributed by atoms with Gasteiger partial charge < -0.3 is 10.1 Å². The van der Waals surface area contributed by atoms with Gasteiger partial charge in [-0.1, -0.05) is 26.8 Å². The van der Waals surface area contributed by atoms with Gasteiger partial charge in [0.1, 0.15) is 5.75 Å². The second kappa shape index (κ2) is 3.76. The number of rotatable bonds is 0. The van der Waals surface area contributed by atoms with Gasteiger partial charge in [-0.15, -0.1) is 0 Å². The van der Waals surface area contributed by atoms with Crippen molar-refractivity contribution in [3.63, 3.8) is 0 Å². The van der Waals surface area contributed by atoms with Crippen LogP contribution in [-0.2, 0) is 5.41 Å². The first kappa shape index (κ1) is 10.3. The van der Waals surface area contributed by atoms with E-state index in [0.717, 1.165) is 31.0 Å². The molecule has 0 atom stereocenters. The van der Waals surface area contributed by atoms with Crippen LogP contribution < -0.4 is 10.1 Å². The number of hydrogen-bond acceptors (Lipinski definition) is 2. The molecule has 0 aliphatic carbocycles. The average Bonchev–Trinajstić information content (AvgIpc) is 2.39. The first-order chi connectivity index (χ1) is 7.07. The van der Waals surface area contributed by atoms with Crippen LogP contribution in [-0.4, -0.2) is 13.2 Å². The van der Waals surface area contributed by atoms with E-state index in [-0.39, 0.29) is 5.41 Å². The zero-order valence-electron chi connectivity index (χ0n) is 9.76. The van der Waals surface area contributed by atoms with Crippen molar-refractivity contribution >= 4 is 5.69 Å². The molecule has 1 heterocycles. The fourth-order valence-corrected chi connectivity index (χ4v) is 1.73. The highest BCUT2D eigenvalue weighted by molar-refractivity contribution is 5.59. The number of anilines is 1. The van der Waals surface area contributed by atoms with Crippen LogP contribution in [0.3, 0.4) is 0 Å². The number of benzene rings is 1. The molecule has 1 N–H and O–H groups in total. The molecule has 82 valence electrons. The molecule has 0 unspecified atom stereocenters. The smallest absolute Gasteiger partial charge is 0.142 e. The predicted octanol–water partition coefficient (Wildman–Crippen LogP) is 3.18. The zero-order valence-corrected chi connectivity index (χ0v) is 9.76. The number of nitrogens with one attached hydrogen (secondary N) is 1. The highest BCUT2D eigenvalue weighted by Crippen LogP contribution is 2.32. The molecule has 1 aromatic carbocycles. The van der Waals surface area contributed by atoms with Crippen molar-refractivity contribution < 1.29 is 4.74 Å². The van der Waals surface area contributed by atoms with Gasteiger partial charge in [-0.25, -0.2) is 0 Å². The molecule has 0 amide bonds. The second-order valence-electron chi connectivity index (χ2n) is 5.09. The Bertz CT molecular complexity index is 352. The normalized spacial score (nSPS) is 15.9. The molecule has 2 rings (SSSR count). The van der Waals surface area contributed by atoms with Crippen molar-refractivity contribution in [1.29, 1.82) is 0 Å². The third-order valence-corrected chi connectivity index (χ3v) is 2.74. The van der Waals surface area contributed by atoms with Gasteiger partial charge in [-0.2, -0.15) is 0 Å². The highest BCUT2D eigenvalue weighted by Gasteiger charge is 2.16. The summed E-state index contributed by atoms with van der Waals surface area (Å²) in [5.74, 6) is 1.000. The minimum absolute atomic E-state index is 0.185. The van der Waals surface area contributed by atoms with Crippen LogP contribution in [0.5, 0.6) is 5.75 Å². The van der Waals surface area contributed by atoms with Gasteiger partial charge in [0.15, 0.2) is 0 Å². The maximum Gasteiger partial charge on any atom is 0.142 e. The lowest BCUT2D eigenvalue weighted by atomic mass is 9.87. The maximum atomic E-state index is 5.72. The number of hydrogen-bond donors (Lipinski definition) is 1. The Morgan fingerprint density at radius 3 is 2.80 bits per heavy atom. The lowest BCUT2D eigenvalue weighted by molar-refractivity contribution is 0.322. The van der Waals surface area contributed by atoms with Crippen molar-refractivity contribution in [3.05, 3.63) is 23.8 Å². The summed E-state index contributed by atoms with van der Waals surface area (Å²) in [5.41, 5.74) is 2.63. The summed E-state index contributed by atoms with van der Waals surface area (Å²) in [6, 6.07) is 6.47. The third kappa shape index (κ3) is 2.25. The van der Waals surface area contributed by atoms with Crippen molar-refractivity contribution in [1.82, 2.24) is 0 Å². The Morgan fingerprint density at radius 1 is 1.27 bits per heavy atom. The Balaban J connectivity index is 2.36. The minimum Gasteiger partial charge on any atom is -0.491 e. The minimum atomic E-state index is 0.185. The van der Waals surface area contributed by atoms with Gasteiger partial charge in [0.25, 0.3) is 0 Å². The van der Waals surface area contributed by atoms with E-state index >= 15 is 0 Å². The van der Waals surface area contributed by atoms with E-state index in [1.807, 2.05) is 0 Å². The van der Waals surface area contributed by atoms with E-state index in [9.17, 15) is 0 Å². The van der Waals surface area contributed by atoms with E-state index in [1.54, 1.807) is 0 Å². The molecular formula is C13H19NO. The summed E-state index contributed by atoms with van der Waals surface area (Å²) in [6.45, 7) is 8.48. The van der Waals surface area contributed by atoms with Gasteiger partial charge in [0, 0.05) is 6.54 Å². The van der Waals surface area contributed by atoms with Crippen LogP contribution in [0.1, 0.15) is 32.8 Å². The second-order valence-corrected chi connectivity index (χ2v) is 5.09. The lowest BCUT2D eigenvalue weighted by Crippen LogP contribution is -2.11. The van der Waals surface area contributed by atoms with Crippen LogP contribution in [0.15, 0.2) is 18.2 Å².